The smallest absolute Gasteiger partial charge is 0.259 e. The van der Waals surface area contributed by atoms with Gasteiger partial charge in [-0.15, -0.1) is 5.10 Å². The summed E-state index contributed by atoms with van der Waals surface area (Å²) < 4.78 is 5.86. The second-order valence-corrected chi connectivity index (χ2v) is 5.47. The van der Waals surface area contributed by atoms with Crippen molar-refractivity contribution in [2.45, 2.75) is 25.7 Å². The maximum absolute atomic E-state index is 6.08. The van der Waals surface area contributed by atoms with E-state index in [1.807, 2.05) is 19.1 Å². The lowest BCUT2D eigenvalue weighted by atomic mass is 10.1. The molecule has 0 bridgehead atoms. The summed E-state index contributed by atoms with van der Waals surface area (Å²) in [5, 5.41) is 8.31. The van der Waals surface area contributed by atoms with Crippen molar-refractivity contribution < 1.29 is 4.74 Å². The second kappa shape index (κ2) is 4.99. The minimum atomic E-state index is 0.255. The largest absolute Gasteiger partial charge is 0.436 e. The van der Waals surface area contributed by atoms with E-state index in [9.17, 15) is 0 Å². The van der Waals surface area contributed by atoms with Gasteiger partial charge in [0, 0.05) is 0 Å². The number of hydrogen-bond donors (Lipinski definition) is 0. The molecule has 1 aliphatic rings. The predicted octanol–water partition coefficient (Wildman–Crippen LogP) is 4.76. The van der Waals surface area contributed by atoms with E-state index in [4.69, 9.17) is 27.9 Å². The van der Waals surface area contributed by atoms with Crippen LogP contribution in [0.5, 0.6) is 11.6 Å². The van der Waals surface area contributed by atoms with Gasteiger partial charge in [0.25, 0.3) is 5.88 Å². The number of rotatable bonds is 3. The van der Waals surface area contributed by atoms with Crippen LogP contribution in [0, 0.1) is 6.92 Å². The van der Waals surface area contributed by atoms with Crippen molar-refractivity contribution in [3.63, 3.8) is 0 Å². The van der Waals surface area contributed by atoms with E-state index in [1.54, 1.807) is 0 Å². The lowest BCUT2D eigenvalue weighted by Gasteiger charge is -2.13. The fraction of sp³-hybridized carbons (Fsp3) is 0.286. The van der Waals surface area contributed by atoms with Gasteiger partial charge in [0.15, 0.2) is 0 Å². The first-order valence-electron chi connectivity index (χ1n) is 6.11. The molecule has 0 unspecified atom stereocenters. The monoisotopic (exact) mass is 294 g/mol. The van der Waals surface area contributed by atoms with Crippen LogP contribution in [-0.4, -0.2) is 10.2 Å². The number of para-hydroxylation sites is 1. The van der Waals surface area contributed by atoms with Crippen LogP contribution >= 0.6 is 23.2 Å². The highest BCUT2D eigenvalue weighted by Gasteiger charge is 2.28. The topological polar surface area (TPSA) is 35.0 Å². The third-order valence-corrected chi connectivity index (χ3v) is 3.92. The third kappa shape index (κ3) is 2.53. The van der Waals surface area contributed by atoms with Crippen molar-refractivity contribution >= 4 is 23.2 Å². The molecule has 5 heteroatoms. The predicted molar refractivity (Wildman–Crippen MR) is 75.3 cm³/mol. The van der Waals surface area contributed by atoms with Crippen LogP contribution in [0.15, 0.2) is 24.4 Å². The van der Waals surface area contributed by atoms with E-state index >= 15 is 0 Å². The van der Waals surface area contributed by atoms with Crippen molar-refractivity contribution in [1.29, 1.82) is 0 Å². The van der Waals surface area contributed by atoms with Gasteiger partial charge in [0.2, 0.25) is 0 Å². The Morgan fingerprint density at radius 3 is 2.79 bits per heavy atom. The first kappa shape index (κ1) is 12.7. The molecule has 19 heavy (non-hydrogen) atoms. The standard InChI is InChI=1S/C14H12Cl2N2O/c1-8-3-2-4-10(9-5-6-9)13(8)19-14-12(16)11(15)7-17-18-14/h2-4,7,9H,5-6H2,1H3. The molecule has 1 aliphatic carbocycles. The average molecular weight is 295 g/mol. The number of ether oxygens (including phenoxy) is 1. The number of nitrogens with zero attached hydrogens (tertiary/aromatic N) is 2. The SMILES string of the molecule is Cc1cccc(C2CC2)c1Oc1nncc(Cl)c1Cl. The number of aromatic nitrogens is 2. The molecule has 0 atom stereocenters. The molecule has 0 saturated heterocycles. The molecule has 0 amide bonds. The van der Waals surface area contributed by atoms with Crippen LogP contribution in [-0.2, 0) is 0 Å². The lowest BCUT2D eigenvalue weighted by Crippen LogP contribution is -1.97. The molecule has 0 aliphatic heterocycles. The van der Waals surface area contributed by atoms with Crippen LogP contribution in [0.1, 0.15) is 29.9 Å². The Hall–Kier alpha value is -1.32. The van der Waals surface area contributed by atoms with Crippen molar-refractivity contribution in [3.05, 3.63) is 45.6 Å². The summed E-state index contributed by atoms with van der Waals surface area (Å²) in [6, 6.07) is 6.14. The van der Waals surface area contributed by atoms with E-state index in [1.165, 1.54) is 24.6 Å². The van der Waals surface area contributed by atoms with Gasteiger partial charge in [0.05, 0.1) is 11.2 Å². The molecule has 1 saturated carbocycles. The zero-order chi connectivity index (χ0) is 13.4. The molecule has 0 spiro atoms. The molecule has 98 valence electrons. The van der Waals surface area contributed by atoms with Gasteiger partial charge < -0.3 is 4.74 Å². The summed E-state index contributed by atoms with van der Waals surface area (Å²) in [6.07, 6.45) is 3.81. The molecule has 1 aromatic carbocycles. The van der Waals surface area contributed by atoms with Crippen LogP contribution in [0.4, 0.5) is 0 Å². The molecule has 2 aromatic rings. The van der Waals surface area contributed by atoms with E-state index in [0.717, 1.165) is 11.3 Å². The van der Waals surface area contributed by atoms with Crippen LogP contribution < -0.4 is 4.74 Å². The van der Waals surface area contributed by atoms with Crippen molar-refractivity contribution in [3.8, 4) is 11.6 Å². The number of hydrogen-bond acceptors (Lipinski definition) is 3. The molecule has 1 fully saturated rings. The number of halogens is 2. The summed E-state index contributed by atoms with van der Waals surface area (Å²) in [6.45, 7) is 2.01. The fourth-order valence-electron chi connectivity index (χ4n) is 2.03. The molecule has 3 nitrogen and oxygen atoms in total. The summed E-state index contributed by atoms with van der Waals surface area (Å²) in [5.41, 5.74) is 2.26. The second-order valence-electron chi connectivity index (χ2n) is 4.68. The Labute approximate surface area is 121 Å². The fourth-order valence-corrected chi connectivity index (χ4v) is 2.28. The molecule has 0 radical (unpaired) electrons. The Morgan fingerprint density at radius 2 is 2.05 bits per heavy atom. The average Bonchev–Trinajstić information content (AvgIpc) is 3.21. The zero-order valence-electron chi connectivity index (χ0n) is 10.4. The highest BCUT2D eigenvalue weighted by molar-refractivity contribution is 6.42. The first-order valence-corrected chi connectivity index (χ1v) is 6.86. The summed E-state index contributed by atoms with van der Waals surface area (Å²) >= 11 is 12.0. The summed E-state index contributed by atoms with van der Waals surface area (Å²) in [4.78, 5) is 0. The lowest BCUT2D eigenvalue weighted by molar-refractivity contribution is 0.447. The minimum absolute atomic E-state index is 0.255. The third-order valence-electron chi connectivity index (χ3n) is 3.18. The molecule has 0 N–H and O–H groups in total. The van der Waals surface area contributed by atoms with E-state index in [0.29, 0.717) is 16.0 Å². The Morgan fingerprint density at radius 1 is 1.26 bits per heavy atom. The van der Waals surface area contributed by atoms with Gasteiger partial charge in [-0.2, -0.15) is 5.10 Å². The molecular weight excluding hydrogens is 283 g/mol. The van der Waals surface area contributed by atoms with Crippen LogP contribution in [0.2, 0.25) is 10.0 Å². The van der Waals surface area contributed by atoms with Crippen LogP contribution in [0.25, 0.3) is 0 Å². The molecular formula is C14H12Cl2N2O. The van der Waals surface area contributed by atoms with Crippen molar-refractivity contribution in [2.75, 3.05) is 0 Å². The minimum Gasteiger partial charge on any atom is -0.436 e. The highest BCUT2D eigenvalue weighted by atomic mass is 35.5. The maximum Gasteiger partial charge on any atom is 0.259 e. The van der Waals surface area contributed by atoms with Gasteiger partial charge in [-0.3, -0.25) is 0 Å². The van der Waals surface area contributed by atoms with Gasteiger partial charge in [-0.25, -0.2) is 0 Å². The van der Waals surface area contributed by atoms with Gasteiger partial charge in [-0.1, -0.05) is 41.4 Å². The number of benzene rings is 1. The normalized spacial score (nSPS) is 14.5. The van der Waals surface area contributed by atoms with E-state index in [2.05, 4.69) is 16.3 Å². The van der Waals surface area contributed by atoms with Gasteiger partial charge in [0.1, 0.15) is 10.8 Å². The zero-order valence-corrected chi connectivity index (χ0v) is 11.9. The van der Waals surface area contributed by atoms with Crippen molar-refractivity contribution in [2.24, 2.45) is 0 Å². The number of aryl methyl sites for hydroxylation is 1. The molecule has 3 rings (SSSR count). The summed E-state index contributed by atoms with van der Waals surface area (Å²) in [7, 11) is 0. The quantitative estimate of drug-likeness (QED) is 0.818. The van der Waals surface area contributed by atoms with E-state index < -0.39 is 0 Å². The van der Waals surface area contributed by atoms with Crippen LogP contribution in [0.3, 0.4) is 0 Å². The molecule has 1 aromatic heterocycles. The Bertz CT molecular complexity index is 627. The maximum atomic E-state index is 6.08. The molecule has 1 heterocycles. The van der Waals surface area contributed by atoms with Gasteiger partial charge in [-0.05, 0) is 36.8 Å². The first-order chi connectivity index (χ1) is 9.16. The van der Waals surface area contributed by atoms with Crippen molar-refractivity contribution in [1.82, 2.24) is 10.2 Å². The van der Waals surface area contributed by atoms with E-state index in [-0.39, 0.29) is 5.88 Å². The van der Waals surface area contributed by atoms with Gasteiger partial charge >= 0.3 is 0 Å². The Balaban J connectivity index is 2.01. The summed E-state index contributed by atoms with van der Waals surface area (Å²) in [5.74, 6) is 1.66. The Kier molecular flexibility index (Phi) is 3.33. The highest BCUT2D eigenvalue weighted by Crippen LogP contribution is 2.46.